The molecule has 4 nitrogen and oxygen atoms in total. The molecular weight excluding hydrogens is 324 g/mol. The first kappa shape index (κ1) is 20.2. The van der Waals surface area contributed by atoms with E-state index < -0.39 is 0 Å². The number of carbonyl (C=O) groups excluding carboxylic acids is 2. The van der Waals surface area contributed by atoms with Crippen molar-refractivity contribution >= 4 is 17.9 Å². The van der Waals surface area contributed by atoms with Gasteiger partial charge in [0.05, 0.1) is 0 Å². The molecule has 0 radical (unpaired) electrons. The van der Waals surface area contributed by atoms with Crippen LogP contribution in [0.15, 0.2) is 35.9 Å². The van der Waals surface area contributed by atoms with Gasteiger partial charge in [-0.3, -0.25) is 9.59 Å². The van der Waals surface area contributed by atoms with Crippen molar-refractivity contribution in [3.63, 3.8) is 0 Å². The molecular formula is C22H32N2O2. The van der Waals surface area contributed by atoms with E-state index in [1.807, 2.05) is 43.3 Å². The first-order valence-corrected chi connectivity index (χ1v) is 9.62. The molecule has 0 spiro atoms. The minimum Gasteiger partial charge on any atom is -0.350 e. The van der Waals surface area contributed by atoms with Crippen LogP contribution in [0.3, 0.4) is 0 Å². The second-order valence-corrected chi connectivity index (χ2v) is 8.18. The van der Waals surface area contributed by atoms with Crippen molar-refractivity contribution in [3.8, 4) is 0 Å². The maximum Gasteiger partial charge on any atom is 0.250 e. The number of hydrogen-bond acceptors (Lipinski definition) is 2. The van der Waals surface area contributed by atoms with Gasteiger partial charge >= 0.3 is 0 Å². The molecule has 1 heterocycles. The second-order valence-electron chi connectivity index (χ2n) is 8.18. The topological polar surface area (TPSA) is 49.4 Å². The standard InChI is InChI=1S/C22H32N2O2/c1-15(2)11-19-14-24(20(12-16(3)4)21(25)23-19)22(26)17(5)13-18-9-7-6-8-10-18/h6-10,13,15-16,19-20H,11-12,14H2,1-5H3,(H,23,25)/t19-,20-/m0/s1. The summed E-state index contributed by atoms with van der Waals surface area (Å²) in [5.74, 6) is 0.764. The Morgan fingerprint density at radius 2 is 1.77 bits per heavy atom. The van der Waals surface area contributed by atoms with Crippen LogP contribution in [0.1, 0.15) is 53.0 Å². The van der Waals surface area contributed by atoms with E-state index in [0.29, 0.717) is 30.4 Å². The van der Waals surface area contributed by atoms with Crippen molar-refractivity contribution in [1.82, 2.24) is 10.2 Å². The van der Waals surface area contributed by atoms with Crippen LogP contribution in [0.25, 0.3) is 6.08 Å². The van der Waals surface area contributed by atoms with Gasteiger partial charge in [0.1, 0.15) is 6.04 Å². The monoisotopic (exact) mass is 356 g/mol. The molecule has 1 aliphatic rings. The Kier molecular flexibility index (Phi) is 7.01. The van der Waals surface area contributed by atoms with Gasteiger partial charge in [0, 0.05) is 18.2 Å². The fourth-order valence-corrected chi connectivity index (χ4v) is 3.54. The van der Waals surface area contributed by atoms with Gasteiger partial charge in [-0.15, -0.1) is 0 Å². The molecule has 4 heteroatoms. The zero-order valence-electron chi connectivity index (χ0n) is 16.7. The van der Waals surface area contributed by atoms with E-state index >= 15 is 0 Å². The second kappa shape index (κ2) is 9.02. The minimum absolute atomic E-state index is 0.0172. The number of piperazine rings is 1. The lowest BCUT2D eigenvalue weighted by Gasteiger charge is -2.41. The summed E-state index contributed by atoms with van der Waals surface area (Å²) in [6.07, 6.45) is 3.47. The molecule has 1 fully saturated rings. The number of nitrogens with zero attached hydrogens (tertiary/aromatic N) is 1. The Morgan fingerprint density at radius 3 is 2.35 bits per heavy atom. The molecule has 1 aromatic rings. The van der Waals surface area contributed by atoms with Crippen molar-refractivity contribution in [2.24, 2.45) is 11.8 Å². The van der Waals surface area contributed by atoms with Crippen LogP contribution in [0.2, 0.25) is 0 Å². The van der Waals surface area contributed by atoms with Crippen LogP contribution < -0.4 is 5.32 Å². The molecule has 1 saturated heterocycles. The third kappa shape index (κ3) is 5.45. The van der Waals surface area contributed by atoms with E-state index in [1.54, 1.807) is 4.90 Å². The summed E-state index contributed by atoms with van der Waals surface area (Å²) < 4.78 is 0. The fraction of sp³-hybridized carbons (Fsp3) is 0.545. The zero-order valence-corrected chi connectivity index (χ0v) is 16.7. The van der Waals surface area contributed by atoms with Gasteiger partial charge < -0.3 is 10.2 Å². The van der Waals surface area contributed by atoms with E-state index in [0.717, 1.165) is 12.0 Å². The molecule has 0 bridgehead atoms. The SMILES string of the molecule is CC(=Cc1ccccc1)C(=O)N1C[C@H](CC(C)C)NC(=O)[C@@H]1CC(C)C. The van der Waals surface area contributed by atoms with Crippen molar-refractivity contribution in [2.75, 3.05) is 6.54 Å². The third-order valence-corrected chi connectivity index (χ3v) is 4.67. The Balaban J connectivity index is 2.24. The molecule has 0 saturated carbocycles. The zero-order chi connectivity index (χ0) is 19.3. The molecule has 0 aromatic heterocycles. The molecule has 1 aromatic carbocycles. The lowest BCUT2D eigenvalue weighted by Crippen LogP contribution is -2.62. The van der Waals surface area contributed by atoms with Gasteiger partial charge in [-0.2, -0.15) is 0 Å². The van der Waals surface area contributed by atoms with Crippen LogP contribution in [0.5, 0.6) is 0 Å². The number of amides is 2. The maximum absolute atomic E-state index is 13.1. The third-order valence-electron chi connectivity index (χ3n) is 4.67. The van der Waals surface area contributed by atoms with Gasteiger partial charge in [0.2, 0.25) is 11.8 Å². The summed E-state index contributed by atoms with van der Waals surface area (Å²) in [6.45, 7) is 10.9. The summed E-state index contributed by atoms with van der Waals surface area (Å²) in [5, 5.41) is 3.12. The van der Waals surface area contributed by atoms with Crippen molar-refractivity contribution in [3.05, 3.63) is 41.5 Å². The highest BCUT2D eigenvalue weighted by Crippen LogP contribution is 2.22. The van der Waals surface area contributed by atoms with Crippen LogP contribution in [0, 0.1) is 11.8 Å². The highest BCUT2D eigenvalue weighted by molar-refractivity contribution is 6.00. The average molecular weight is 357 g/mol. The van der Waals surface area contributed by atoms with E-state index in [-0.39, 0.29) is 23.9 Å². The molecule has 2 atom stereocenters. The van der Waals surface area contributed by atoms with Gasteiger partial charge in [0.25, 0.3) is 0 Å². The lowest BCUT2D eigenvalue weighted by atomic mass is 9.94. The van der Waals surface area contributed by atoms with Crippen LogP contribution in [-0.4, -0.2) is 35.3 Å². The quantitative estimate of drug-likeness (QED) is 0.787. The minimum atomic E-state index is -0.384. The van der Waals surface area contributed by atoms with Crippen molar-refractivity contribution in [2.45, 2.75) is 59.5 Å². The molecule has 26 heavy (non-hydrogen) atoms. The first-order chi connectivity index (χ1) is 12.3. The van der Waals surface area contributed by atoms with E-state index in [9.17, 15) is 9.59 Å². The largest absolute Gasteiger partial charge is 0.350 e. The lowest BCUT2D eigenvalue weighted by molar-refractivity contribution is -0.143. The van der Waals surface area contributed by atoms with E-state index in [2.05, 4.69) is 33.0 Å². The number of benzene rings is 1. The smallest absolute Gasteiger partial charge is 0.250 e. The number of nitrogens with one attached hydrogen (secondary N) is 1. The number of carbonyl (C=O) groups is 2. The Hall–Kier alpha value is -2.10. The predicted molar refractivity (Wildman–Crippen MR) is 106 cm³/mol. The Bertz CT molecular complexity index is 649. The Labute approximate surface area is 157 Å². The van der Waals surface area contributed by atoms with Crippen molar-refractivity contribution < 1.29 is 9.59 Å². The summed E-state index contributed by atoms with van der Waals surface area (Å²) in [4.78, 5) is 27.6. The highest BCUT2D eigenvalue weighted by atomic mass is 16.2. The number of rotatable bonds is 6. The fourth-order valence-electron chi connectivity index (χ4n) is 3.54. The highest BCUT2D eigenvalue weighted by Gasteiger charge is 2.37. The van der Waals surface area contributed by atoms with Crippen LogP contribution >= 0.6 is 0 Å². The summed E-state index contributed by atoms with van der Waals surface area (Å²) >= 11 is 0. The predicted octanol–water partition coefficient (Wildman–Crippen LogP) is 3.88. The molecule has 1 aliphatic heterocycles. The Morgan fingerprint density at radius 1 is 1.15 bits per heavy atom. The van der Waals surface area contributed by atoms with E-state index in [4.69, 9.17) is 0 Å². The van der Waals surface area contributed by atoms with Gasteiger partial charge in [-0.05, 0) is 43.2 Å². The van der Waals surface area contributed by atoms with Gasteiger partial charge in [-0.25, -0.2) is 0 Å². The first-order valence-electron chi connectivity index (χ1n) is 9.62. The van der Waals surface area contributed by atoms with Crippen LogP contribution in [-0.2, 0) is 9.59 Å². The van der Waals surface area contributed by atoms with Crippen LogP contribution in [0.4, 0.5) is 0 Å². The van der Waals surface area contributed by atoms with Gasteiger partial charge in [0.15, 0.2) is 0 Å². The maximum atomic E-state index is 13.1. The average Bonchev–Trinajstić information content (AvgIpc) is 2.56. The molecule has 2 rings (SSSR count). The van der Waals surface area contributed by atoms with E-state index in [1.165, 1.54) is 0 Å². The summed E-state index contributed by atoms with van der Waals surface area (Å²) in [7, 11) is 0. The summed E-state index contributed by atoms with van der Waals surface area (Å²) in [5.41, 5.74) is 1.67. The number of hydrogen-bond donors (Lipinski definition) is 1. The van der Waals surface area contributed by atoms with Gasteiger partial charge in [-0.1, -0.05) is 58.0 Å². The molecule has 142 valence electrons. The molecule has 0 unspecified atom stereocenters. The molecule has 2 amide bonds. The molecule has 0 aliphatic carbocycles. The summed E-state index contributed by atoms with van der Waals surface area (Å²) in [6, 6.07) is 9.47. The van der Waals surface area contributed by atoms with Crippen molar-refractivity contribution in [1.29, 1.82) is 0 Å². The normalized spacial score (nSPS) is 21.3. The molecule has 1 N–H and O–H groups in total.